The van der Waals surface area contributed by atoms with Crippen LogP contribution in [0.2, 0.25) is 0 Å². The summed E-state index contributed by atoms with van der Waals surface area (Å²) in [6.07, 6.45) is 17.1. The van der Waals surface area contributed by atoms with Gasteiger partial charge in [0.15, 0.2) is 0 Å². The van der Waals surface area contributed by atoms with Crippen LogP contribution in [0.4, 0.5) is 0 Å². The summed E-state index contributed by atoms with van der Waals surface area (Å²) in [5.41, 5.74) is 1.82. The lowest BCUT2D eigenvalue weighted by Crippen LogP contribution is -1.76. The van der Waals surface area contributed by atoms with Gasteiger partial charge in [0.25, 0.3) is 0 Å². The second kappa shape index (κ2) is 8.76. The fraction of sp³-hybridized carbons (Fsp3) is 0.0667. The predicted molar refractivity (Wildman–Crippen MR) is 70.7 cm³/mol. The molecule has 0 aliphatic rings. The van der Waals surface area contributed by atoms with E-state index >= 15 is 0 Å². The summed E-state index contributed by atoms with van der Waals surface area (Å²) in [6.45, 7) is 13.4. The van der Waals surface area contributed by atoms with Crippen LogP contribution in [0.25, 0.3) is 0 Å². The number of allylic oxidation sites excluding steroid dienone is 11. The van der Waals surface area contributed by atoms with Crippen LogP contribution in [0, 0.1) is 0 Å². The van der Waals surface area contributed by atoms with Gasteiger partial charge in [0.2, 0.25) is 0 Å². The van der Waals surface area contributed by atoms with E-state index in [1.54, 1.807) is 6.08 Å². The monoisotopic (exact) mass is 198 g/mol. The Morgan fingerprint density at radius 3 is 1.80 bits per heavy atom. The molecule has 0 saturated heterocycles. The average molecular weight is 198 g/mol. The Bertz CT molecular complexity index is 333. The number of hydrogen-bond acceptors (Lipinski definition) is 0. The normalized spacial score (nSPS) is 12.1. The van der Waals surface area contributed by atoms with Crippen LogP contribution < -0.4 is 0 Å². The van der Waals surface area contributed by atoms with Gasteiger partial charge in [-0.05, 0) is 18.1 Å². The Labute approximate surface area is 93.0 Å². The van der Waals surface area contributed by atoms with Gasteiger partial charge in [-0.3, -0.25) is 0 Å². The summed E-state index contributed by atoms with van der Waals surface area (Å²) in [5.74, 6) is 0. The minimum Gasteiger partial charge on any atom is -0.0991 e. The summed E-state index contributed by atoms with van der Waals surface area (Å²) < 4.78 is 0. The maximum atomic E-state index is 3.91. The molecule has 0 spiro atoms. The molecule has 0 amide bonds. The van der Waals surface area contributed by atoms with Crippen molar-refractivity contribution in [1.82, 2.24) is 0 Å². The van der Waals surface area contributed by atoms with E-state index < -0.39 is 0 Å². The molecule has 0 aromatic heterocycles. The standard InChI is InChI=1S/C15H18/c1-5-7-9-11-13-15(4)14(3)12-10-8-6-2/h5-13H,1,3-4H2,2H3/b8-6-,9-7-,12-10-,13-11-. The van der Waals surface area contributed by atoms with Gasteiger partial charge in [0, 0.05) is 0 Å². The SMILES string of the molecule is C=C/C=C\C=C/C(=C)C(=C)/C=C\C=C/C. The highest BCUT2D eigenvalue weighted by Gasteiger charge is 1.88. The molecule has 78 valence electrons. The second-order valence-corrected chi connectivity index (χ2v) is 2.92. The van der Waals surface area contributed by atoms with Crippen molar-refractivity contribution in [1.29, 1.82) is 0 Å². The summed E-state index contributed by atoms with van der Waals surface area (Å²) in [5, 5.41) is 0. The van der Waals surface area contributed by atoms with Crippen molar-refractivity contribution < 1.29 is 0 Å². The largest absolute Gasteiger partial charge is 0.0991 e. The minimum absolute atomic E-state index is 0.907. The average Bonchev–Trinajstić information content (AvgIpc) is 2.24. The first kappa shape index (κ1) is 13.2. The highest BCUT2D eigenvalue weighted by Crippen LogP contribution is 2.08. The van der Waals surface area contributed by atoms with Gasteiger partial charge in [-0.25, -0.2) is 0 Å². The molecular weight excluding hydrogens is 180 g/mol. The summed E-state index contributed by atoms with van der Waals surface area (Å²) in [6, 6.07) is 0. The zero-order chi connectivity index (χ0) is 11.5. The van der Waals surface area contributed by atoms with Crippen molar-refractivity contribution in [3.8, 4) is 0 Å². The predicted octanol–water partition coefficient (Wildman–Crippen LogP) is 4.53. The first-order valence-electron chi connectivity index (χ1n) is 4.85. The van der Waals surface area contributed by atoms with Crippen molar-refractivity contribution in [2.45, 2.75) is 6.92 Å². The van der Waals surface area contributed by atoms with Crippen LogP contribution in [0.5, 0.6) is 0 Å². The maximum absolute atomic E-state index is 3.91. The van der Waals surface area contributed by atoms with Gasteiger partial charge in [0.1, 0.15) is 0 Å². The third-order valence-corrected chi connectivity index (χ3v) is 1.67. The van der Waals surface area contributed by atoms with Crippen LogP contribution in [-0.4, -0.2) is 0 Å². The van der Waals surface area contributed by atoms with Crippen LogP contribution in [-0.2, 0) is 0 Å². The number of rotatable bonds is 6. The fourth-order valence-corrected chi connectivity index (χ4v) is 0.811. The Morgan fingerprint density at radius 2 is 1.33 bits per heavy atom. The van der Waals surface area contributed by atoms with Crippen LogP contribution >= 0.6 is 0 Å². The van der Waals surface area contributed by atoms with E-state index in [4.69, 9.17) is 0 Å². The van der Waals surface area contributed by atoms with Gasteiger partial charge < -0.3 is 0 Å². The van der Waals surface area contributed by atoms with Crippen molar-refractivity contribution in [3.63, 3.8) is 0 Å². The molecule has 0 unspecified atom stereocenters. The smallest absolute Gasteiger partial charge is 0.0262 e. The van der Waals surface area contributed by atoms with E-state index in [-0.39, 0.29) is 0 Å². The molecule has 0 aliphatic heterocycles. The molecule has 0 heteroatoms. The lowest BCUT2D eigenvalue weighted by Gasteiger charge is -1.96. The molecule has 0 bridgehead atoms. The molecule has 0 saturated carbocycles. The van der Waals surface area contributed by atoms with E-state index in [0.29, 0.717) is 0 Å². The molecule has 0 heterocycles. The van der Waals surface area contributed by atoms with Gasteiger partial charge in [0.05, 0.1) is 0 Å². The van der Waals surface area contributed by atoms with Crippen LogP contribution in [0.15, 0.2) is 85.6 Å². The number of hydrogen-bond donors (Lipinski definition) is 0. The van der Waals surface area contributed by atoms with Crippen LogP contribution in [0.3, 0.4) is 0 Å². The van der Waals surface area contributed by atoms with Crippen molar-refractivity contribution in [2.24, 2.45) is 0 Å². The second-order valence-electron chi connectivity index (χ2n) is 2.92. The summed E-state index contributed by atoms with van der Waals surface area (Å²) >= 11 is 0. The highest BCUT2D eigenvalue weighted by atomic mass is 13.9. The topological polar surface area (TPSA) is 0 Å². The van der Waals surface area contributed by atoms with Gasteiger partial charge in [-0.15, -0.1) is 0 Å². The minimum atomic E-state index is 0.907. The third kappa shape index (κ3) is 7.27. The summed E-state index contributed by atoms with van der Waals surface area (Å²) in [7, 11) is 0. The molecule has 0 N–H and O–H groups in total. The Hall–Kier alpha value is -1.82. The lowest BCUT2D eigenvalue weighted by atomic mass is 10.1. The Kier molecular flexibility index (Phi) is 7.70. The molecule has 0 atom stereocenters. The molecule has 0 rings (SSSR count). The summed E-state index contributed by atoms with van der Waals surface area (Å²) in [4.78, 5) is 0. The molecule has 0 aromatic carbocycles. The van der Waals surface area contributed by atoms with E-state index in [9.17, 15) is 0 Å². The van der Waals surface area contributed by atoms with E-state index in [1.165, 1.54) is 0 Å². The van der Waals surface area contributed by atoms with Crippen LogP contribution in [0.1, 0.15) is 6.92 Å². The zero-order valence-corrected chi connectivity index (χ0v) is 9.32. The zero-order valence-electron chi connectivity index (χ0n) is 9.32. The van der Waals surface area contributed by atoms with Gasteiger partial charge >= 0.3 is 0 Å². The maximum Gasteiger partial charge on any atom is -0.0262 e. The molecule has 0 aliphatic carbocycles. The lowest BCUT2D eigenvalue weighted by molar-refractivity contribution is 1.59. The fourth-order valence-electron chi connectivity index (χ4n) is 0.811. The molecule has 0 aromatic rings. The van der Waals surface area contributed by atoms with Gasteiger partial charge in [-0.1, -0.05) is 74.4 Å². The molecule has 0 nitrogen and oxygen atoms in total. The van der Waals surface area contributed by atoms with Crippen molar-refractivity contribution >= 4 is 0 Å². The quantitative estimate of drug-likeness (QED) is 0.550. The van der Waals surface area contributed by atoms with Crippen molar-refractivity contribution in [3.05, 3.63) is 85.6 Å². The Balaban J connectivity index is 4.21. The van der Waals surface area contributed by atoms with Gasteiger partial charge in [-0.2, -0.15) is 0 Å². The molecule has 0 fully saturated rings. The molecule has 0 radical (unpaired) electrons. The Morgan fingerprint density at radius 1 is 0.800 bits per heavy atom. The van der Waals surface area contributed by atoms with Crippen molar-refractivity contribution in [2.75, 3.05) is 0 Å². The van der Waals surface area contributed by atoms with E-state index in [1.807, 2.05) is 55.5 Å². The molecule has 15 heavy (non-hydrogen) atoms. The van der Waals surface area contributed by atoms with E-state index in [2.05, 4.69) is 19.7 Å². The first-order chi connectivity index (χ1) is 7.22. The third-order valence-electron chi connectivity index (χ3n) is 1.67. The molecular formula is C15H18. The van der Waals surface area contributed by atoms with E-state index in [0.717, 1.165) is 11.1 Å². The highest BCUT2D eigenvalue weighted by molar-refractivity contribution is 5.44. The first-order valence-corrected chi connectivity index (χ1v) is 4.85.